The van der Waals surface area contributed by atoms with Gasteiger partial charge < -0.3 is 9.73 Å². The fraction of sp³-hybridized carbons (Fsp3) is 0.500. The Kier molecular flexibility index (Phi) is 4.19. The molecule has 2 rings (SSSR count). The molecule has 1 unspecified atom stereocenters. The standard InChI is InChI=1S/C14H20N2OS/c1-5-15-12(8-13-16-6-7-18-13)14-9(2)10(3)17-11(14)4/h6-7,12,15H,5,8H2,1-4H3. The number of rotatable bonds is 5. The van der Waals surface area contributed by atoms with Gasteiger partial charge in [0.15, 0.2) is 0 Å². The van der Waals surface area contributed by atoms with E-state index in [4.69, 9.17) is 4.42 Å². The molecule has 2 aromatic heterocycles. The van der Waals surface area contributed by atoms with Crippen molar-refractivity contribution in [2.24, 2.45) is 0 Å². The van der Waals surface area contributed by atoms with E-state index in [-0.39, 0.29) is 0 Å². The molecule has 0 saturated carbocycles. The zero-order chi connectivity index (χ0) is 13.1. The molecule has 18 heavy (non-hydrogen) atoms. The van der Waals surface area contributed by atoms with Gasteiger partial charge in [-0.3, -0.25) is 0 Å². The Morgan fingerprint density at radius 2 is 2.11 bits per heavy atom. The zero-order valence-electron chi connectivity index (χ0n) is 11.4. The number of thiazole rings is 1. The monoisotopic (exact) mass is 264 g/mol. The quantitative estimate of drug-likeness (QED) is 0.897. The van der Waals surface area contributed by atoms with Crippen LogP contribution in [0.25, 0.3) is 0 Å². The number of likely N-dealkylation sites (N-methyl/N-ethyl adjacent to an activating group) is 1. The first kappa shape index (κ1) is 13.3. The van der Waals surface area contributed by atoms with Gasteiger partial charge in [0.2, 0.25) is 0 Å². The van der Waals surface area contributed by atoms with Crippen LogP contribution in [0.15, 0.2) is 16.0 Å². The number of hydrogen-bond donors (Lipinski definition) is 1. The van der Waals surface area contributed by atoms with E-state index in [0.29, 0.717) is 6.04 Å². The Morgan fingerprint density at radius 1 is 1.33 bits per heavy atom. The van der Waals surface area contributed by atoms with Crippen molar-refractivity contribution in [1.82, 2.24) is 10.3 Å². The largest absolute Gasteiger partial charge is 0.466 e. The maximum Gasteiger partial charge on any atom is 0.106 e. The highest BCUT2D eigenvalue weighted by molar-refractivity contribution is 7.09. The van der Waals surface area contributed by atoms with Crippen molar-refractivity contribution in [2.45, 2.75) is 40.2 Å². The normalized spacial score (nSPS) is 12.9. The van der Waals surface area contributed by atoms with E-state index in [9.17, 15) is 0 Å². The van der Waals surface area contributed by atoms with Crippen LogP contribution in [0.5, 0.6) is 0 Å². The summed E-state index contributed by atoms with van der Waals surface area (Å²) in [6.07, 6.45) is 2.79. The first-order chi connectivity index (χ1) is 8.63. The summed E-state index contributed by atoms with van der Waals surface area (Å²) in [6, 6.07) is 0.290. The van der Waals surface area contributed by atoms with E-state index < -0.39 is 0 Å². The van der Waals surface area contributed by atoms with Crippen LogP contribution in [0.1, 0.15) is 40.6 Å². The van der Waals surface area contributed by atoms with Crippen LogP contribution in [-0.4, -0.2) is 11.5 Å². The second-order valence-electron chi connectivity index (χ2n) is 4.49. The zero-order valence-corrected chi connectivity index (χ0v) is 12.2. The summed E-state index contributed by atoms with van der Waals surface area (Å²) in [7, 11) is 0. The molecule has 1 N–H and O–H groups in total. The Morgan fingerprint density at radius 3 is 2.61 bits per heavy atom. The molecule has 0 aliphatic rings. The number of aryl methyl sites for hydroxylation is 2. The molecule has 1 atom stereocenters. The molecular weight excluding hydrogens is 244 g/mol. The van der Waals surface area contributed by atoms with Crippen LogP contribution in [0, 0.1) is 20.8 Å². The van der Waals surface area contributed by atoms with E-state index in [1.807, 2.05) is 25.4 Å². The van der Waals surface area contributed by atoms with Gasteiger partial charge in [-0.2, -0.15) is 0 Å². The predicted molar refractivity (Wildman–Crippen MR) is 75.2 cm³/mol. The summed E-state index contributed by atoms with van der Waals surface area (Å²) in [6.45, 7) is 9.28. The van der Waals surface area contributed by atoms with Crippen molar-refractivity contribution in [2.75, 3.05) is 6.54 Å². The van der Waals surface area contributed by atoms with E-state index in [1.54, 1.807) is 11.3 Å². The first-order valence-electron chi connectivity index (χ1n) is 6.31. The summed E-state index contributed by atoms with van der Waals surface area (Å²) in [5.74, 6) is 2.04. The molecule has 0 aliphatic carbocycles. The summed E-state index contributed by atoms with van der Waals surface area (Å²) in [5.41, 5.74) is 2.56. The second-order valence-corrected chi connectivity index (χ2v) is 5.47. The smallest absolute Gasteiger partial charge is 0.106 e. The Balaban J connectivity index is 2.29. The van der Waals surface area contributed by atoms with Crippen molar-refractivity contribution >= 4 is 11.3 Å². The minimum absolute atomic E-state index is 0.290. The van der Waals surface area contributed by atoms with E-state index in [0.717, 1.165) is 24.5 Å². The predicted octanol–water partition coefficient (Wildman–Crippen LogP) is 3.55. The summed E-state index contributed by atoms with van der Waals surface area (Å²) >= 11 is 1.71. The molecule has 0 aliphatic heterocycles. The van der Waals surface area contributed by atoms with Gasteiger partial charge in [0.25, 0.3) is 0 Å². The van der Waals surface area contributed by atoms with E-state index >= 15 is 0 Å². The lowest BCUT2D eigenvalue weighted by atomic mass is 9.99. The van der Waals surface area contributed by atoms with Crippen LogP contribution in [0.3, 0.4) is 0 Å². The number of aromatic nitrogens is 1. The van der Waals surface area contributed by atoms with Crippen molar-refractivity contribution < 1.29 is 4.42 Å². The van der Waals surface area contributed by atoms with Crippen molar-refractivity contribution in [1.29, 1.82) is 0 Å². The molecule has 0 saturated heterocycles. The summed E-state index contributed by atoms with van der Waals surface area (Å²) < 4.78 is 5.73. The highest BCUT2D eigenvalue weighted by atomic mass is 32.1. The maximum absolute atomic E-state index is 5.73. The van der Waals surface area contributed by atoms with Crippen LogP contribution < -0.4 is 5.32 Å². The van der Waals surface area contributed by atoms with Gasteiger partial charge in [-0.25, -0.2) is 4.98 Å². The fourth-order valence-corrected chi connectivity index (χ4v) is 3.04. The molecule has 0 fully saturated rings. The van der Waals surface area contributed by atoms with Gasteiger partial charge in [-0.1, -0.05) is 6.92 Å². The van der Waals surface area contributed by atoms with Gasteiger partial charge >= 0.3 is 0 Å². The van der Waals surface area contributed by atoms with Gasteiger partial charge in [-0.05, 0) is 32.9 Å². The number of nitrogens with zero attached hydrogens (tertiary/aromatic N) is 1. The third-order valence-corrected chi connectivity index (χ3v) is 4.08. The Labute approximate surface area is 112 Å². The molecule has 4 heteroatoms. The highest BCUT2D eigenvalue weighted by Crippen LogP contribution is 2.29. The third-order valence-electron chi connectivity index (χ3n) is 3.28. The molecule has 0 spiro atoms. The molecular formula is C14H20N2OS. The van der Waals surface area contributed by atoms with Crippen LogP contribution in [-0.2, 0) is 6.42 Å². The minimum atomic E-state index is 0.290. The molecule has 0 radical (unpaired) electrons. The lowest BCUT2D eigenvalue weighted by Crippen LogP contribution is -2.23. The van der Waals surface area contributed by atoms with Crippen LogP contribution in [0.2, 0.25) is 0 Å². The number of nitrogens with one attached hydrogen (secondary N) is 1. The lowest BCUT2D eigenvalue weighted by Gasteiger charge is -2.17. The Bertz CT molecular complexity index is 502. The first-order valence-corrected chi connectivity index (χ1v) is 7.19. The highest BCUT2D eigenvalue weighted by Gasteiger charge is 2.21. The van der Waals surface area contributed by atoms with Gasteiger partial charge in [0.1, 0.15) is 11.5 Å². The van der Waals surface area contributed by atoms with Crippen LogP contribution in [0.4, 0.5) is 0 Å². The molecule has 0 aromatic carbocycles. The van der Waals surface area contributed by atoms with Crippen molar-refractivity contribution in [3.05, 3.63) is 39.2 Å². The average Bonchev–Trinajstić information content (AvgIpc) is 2.89. The topological polar surface area (TPSA) is 38.1 Å². The van der Waals surface area contributed by atoms with Gasteiger partial charge in [0, 0.05) is 29.6 Å². The van der Waals surface area contributed by atoms with Crippen molar-refractivity contribution in [3.8, 4) is 0 Å². The maximum atomic E-state index is 5.73. The SMILES string of the molecule is CCNC(Cc1nccs1)c1c(C)oc(C)c1C. The van der Waals surface area contributed by atoms with E-state index in [1.165, 1.54) is 16.1 Å². The molecule has 0 bridgehead atoms. The molecule has 2 heterocycles. The Hall–Kier alpha value is -1.13. The third kappa shape index (κ3) is 2.65. The van der Waals surface area contributed by atoms with Gasteiger partial charge in [-0.15, -0.1) is 11.3 Å². The molecule has 98 valence electrons. The fourth-order valence-electron chi connectivity index (χ4n) is 2.37. The van der Waals surface area contributed by atoms with Gasteiger partial charge in [0.05, 0.1) is 5.01 Å². The van der Waals surface area contributed by atoms with Crippen LogP contribution >= 0.6 is 11.3 Å². The minimum Gasteiger partial charge on any atom is -0.466 e. The number of furan rings is 1. The number of hydrogen-bond acceptors (Lipinski definition) is 4. The molecule has 2 aromatic rings. The lowest BCUT2D eigenvalue weighted by molar-refractivity contribution is 0.484. The van der Waals surface area contributed by atoms with E-state index in [2.05, 4.69) is 24.1 Å². The average molecular weight is 264 g/mol. The summed E-state index contributed by atoms with van der Waals surface area (Å²) in [4.78, 5) is 4.38. The molecule has 0 amide bonds. The second kappa shape index (κ2) is 5.67. The molecule has 3 nitrogen and oxygen atoms in total. The van der Waals surface area contributed by atoms with Crippen molar-refractivity contribution in [3.63, 3.8) is 0 Å². The summed E-state index contributed by atoms with van der Waals surface area (Å²) in [5, 5.41) is 6.73.